The van der Waals surface area contributed by atoms with Gasteiger partial charge in [0.15, 0.2) is 11.5 Å². The van der Waals surface area contributed by atoms with Crippen LogP contribution in [0.25, 0.3) is 16.0 Å². The molecule has 0 amide bonds. The third-order valence-electron chi connectivity index (χ3n) is 4.90. The van der Waals surface area contributed by atoms with Gasteiger partial charge in [0.2, 0.25) is 0 Å². The second-order valence-electron chi connectivity index (χ2n) is 6.90. The Kier molecular flexibility index (Phi) is 6.17. The Balaban J connectivity index is 1.71. The molecule has 4 aromatic rings. The molecule has 11 heteroatoms. The molecular weight excluding hydrogens is 475 g/mol. The lowest BCUT2D eigenvalue weighted by Crippen LogP contribution is -2.12. The highest BCUT2D eigenvalue weighted by atomic mass is 32.1. The zero-order valence-electron chi connectivity index (χ0n) is 17.5. The van der Waals surface area contributed by atoms with Crippen molar-refractivity contribution in [2.75, 3.05) is 14.2 Å². The van der Waals surface area contributed by atoms with Crippen molar-refractivity contribution in [3.05, 3.63) is 64.8 Å². The Morgan fingerprint density at radius 2 is 1.79 bits per heavy atom. The maximum absolute atomic E-state index is 13.3. The van der Waals surface area contributed by atoms with Gasteiger partial charge in [-0.15, -0.1) is 11.3 Å². The van der Waals surface area contributed by atoms with E-state index in [2.05, 4.69) is 4.98 Å². The standard InChI is InChI=1S/C22H18F3N3O3S2/c1-29-16-7-14-15(8-17(16)30-2)28(11-27-14)19-9-18(20(33-19)21(26)32)31-10-12-5-3-4-6-13(12)22(23,24)25/h3-9,11H,10H2,1-2H3,(H2,26,32). The summed E-state index contributed by atoms with van der Waals surface area (Å²) in [4.78, 5) is 4.93. The molecule has 0 bridgehead atoms. The lowest BCUT2D eigenvalue weighted by molar-refractivity contribution is -0.138. The summed E-state index contributed by atoms with van der Waals surface area (Å²) >= 11 is 6.39. The Morgan fingerprint density at radius 1 is 1.09 bits per heavy atom. The van der Waals surface area contributed by atoms with Gasteiger partial charge in [-0.05, 0) is 6.07 Å². The molecule has 6 nitrogen and oxygen atoms in total. The monoisotopic (exact) mass is 493 g/mol. The number of ether oxygens (including phenoxy) is 3. The van der Waals surface area contributed by atoms with Crippen molar-refractivity contribution in [1.82, 2.24) is 9.55 Å². The van der Waals surface area contributed by atoms with E-state index in [1.165, 1.54) is 43.8 Å². The maximum atomic E-state index is 13.3. The van der Waals surface area contributed by atoms with E-state index in [1.54, 1.807) is 29.1 Å². The molecule has 2 aromatic carbocycles. The molecule has 0 fully saturated rings. The normalized spacial score (nSPS) is 11.5. The van der Waals surface area contributed by atoms with E-state index >= 15 is 0 Å². The van der Waals surface area contributed by atoms with Crippen molar-refractivity contribution >= 4 is 39.6 Å². The molecule has 0 radical (unpaired) electrons. The first-order valence-electron chi connectivity index (χ1n) is 9.54. The predicted molar refractivity (Wildman–Crippen MR) is 124 cm³/mol. The molecular formula is C22H18F3N3O3S2. The number of imidazole rings is 1. The van der Waals surface area contributed by atoms with E-state index in [0.717, 1.165) is 11.6 Å². The zero-order chi connectivity index (χ0) is 23.8. The Labute approximate surface area is 196 Å². The van der Waals surface area contributed by atoms with E-state index in [9.17, 15) is 13.2 Å². The first kappa shape index (κ1) is 22.9. The fraction of sp³-hybridized carbons (Fsp3) is 0.182. The fourth-order valence-electron chi connectivity index (χ4n) is 3.35. The average Bonchev–Trinajstić information content (AvgIpc) is 3.39. The minimum Gasteiger partial charge on any atom is -0.493 e. The van der Waals surface area contributed by atoms with Crippen LogP contribution in [0.3, 0.4) is 0 Å². The third kappa shape index (κ3) is 4.46. The Hall–Kier alpha value is -3.31. The predicted octanol–water partition coefficient (Wildman–Crippen LogP) is 5.34. The second kappa shape index (κ2) is 8.91. The summed E-state index contributed by atoms with van der Waals surface area (Å²) in [7, 11) is 3.07. The number of methoxy groups -OCH3 is 2. The first-order chi connectivity index (χ1) is 15.7. The molecule has 0 aliphatic carbocycles. The summed E-state index contributed by atoms with van der Waals surface area (Å²) in [5.41, 5.74) is 6.53. The van der Waals surface area contributed by atoms with Crippen LogP contribution in [0.2, 0.25) is 0 Å². The number of nitrogens with two attached hydrogens (primary N) is 1. The van der Waals surface area contributed by atoms with Crippen LogP contribution in [-0.2, 0) is 12.8 Å². The van der Waals surface area contributed by atoms with Crippen LogP contribution in [0, 0.1) is 0 Å². The molecule has 0 aliphatic rings. The van der Waals surface area contributed by atoms with Crippen molar-refractivity contribution in [2.45, 2.75) is 12.8 Å². The number of fused-ring (bicyclic) bond motifs is 1. The molecule has 2 N–H and O–H groups in total. The molecule has 0 atom stereocenters. The molecule has 4 rings (SSSR count). The van der Waals surface area contributed by atoms with E-state index < -0.39 is 11.7 Å². The number of aromatic nitrogens is 2. The molecule has 33 heavy (non-hydrogen) atoms. The number of nitrogens with zero attached hydrogens (tertiary/aromatic N) is 2. The van der Waals surface area contributed by atoms with Gasteiger partial charge in [0.25, 0.3) is 0 Å². The van der Waals surface area contributed by atoms with Crippen molar-refractivity contribution in [3.8, 4) is 22.2 Å². The van der Waals surface area contributed by atoms with Crippen LogP contribution >= 0.6 is 23.6 Å². The highest BCUT2D eigenvalue weighted by Crippen LogP contribution is 2.38. The van der Waals surface area contributed by atoms with E-state index in [4.69, 9.17) is 32.2 Å². The summed E-state index contributed by atoms with van der Waals surface area (Å²) in [5, 5.41) is 0.673. The number of rotatable bonds is 7. The van der Waals surface area contributed by atoms with Crippen molar-refractivity contribution < 1.29 is 27.4 Å². The third-order valence-corrected chi connectivity index (χ3v) is 6.39. The van der Waals surface area contributed by atoms with Crippen LogP contribution in [0.1, 0.15) is 16.0 Å². The number of alkyl halides is 3. The molecule has 2 heterocycles. The molecule has 2 aromatic heterocycles. The van der Waals surface area contributed by atoms with Crippen LogP contribution in [-0.4, -0.2) is 28.8 Å². The highest BCUT2D eigenvalue weighted by Gasteiger charge is 2.33. The van der Waals surface area contributed by atoms with Gasteiger partial charge < -0.3 is 19.9 Å². The van der Waals surface area contributed by atoms with E-state index in [1.807, 2.05) is 0 Å². The van der Waals surface area contributed by atoms with Crippen molar-refractivity contribution in [3.63, 3.8) is 0 Å². The van der Waals surface area contributed by atoms with Gasteiger partial charge in [0, 0.05) is 23.8 Å². The van der Waals surface area contributed by atoms with Crippen molar-refractivity contribution in [1.29, 1.82) is 0 Å². The minimum absolute atomic E-state index is 0.0107. The number of benzene rings is 2. The van der Waals surface area contributed by atoms with E-state index in [-0.39, 0.29) is 17.2 Å². The molecule has 0 saturated heterocycles. The highest BCUT2D eigenvalue weighted by molar-refractivity contribution is 7.81. The number of halogens is 3. The molecule has 172 valence electrons. The number of hydrogen-bond acceptors (Lipinski definition) is 6. The number of hydrogen-bond donors (Lipinski definition) is 1. The summed E-state index contributed by atoms with van der Waals surface area (Å²) in [6, 6.07) is 10.5. The smallest absolute Gasteiger partial charge is 0.416 e. The van der Waals surface area contributed by atoms with Crippen LogP contribution in [0.4, 0.5) is 13.2 Å². The molecule has 0 spiro atoms. The molecule has 0 saturated carbocycles. The summed E-state index contributed by atoms with van der Waals surface area (Å²) in [6.45, 7) is -0.294. The minimum atomic E-state index is -4.48. The quantitative estimate of drug-likeness (QED) is 0.351. The van der Waals surface area contributed by atoms with Crippen LogP contribution < -0.4 is 19.9 Å². The van der Waals surface area contributed by atoms with Gasteiger partial charge in [-0.2, -0.15) is 13.2 Å². The second-order valence-corrected chi connectivity index (χ2v) is 8.37. The SMILES string of the molecule is COc1cc2ncn(-c3cc(OCc4ccccc4C(F)(F)F)c(C(N)=S)s3)c2cc1OC. The lowest BCUT2D eigenvalue weighted by Gasteiger charge is -2.13. The maximum Gasteiger partial charge on any atom is 0.416 e. The van der Waals surface area contributed by atoms with Gasteiger partial charge >= 0.3 is 6.18 Å². The van der Waals surface area contributed by atoms with Gasteiger partial charge in [0.1, 0.15) is 33.6 Å². The van der Waals surface area contributed by atoms with Gasteiger partial charge in [-0.3, -0.25) is 4.57 Å². The lowest BCUT2D eigenvalue weighted by atomic mass is 10.1. The summed E-state index contributed by atoms with van der Waals surface area (Å²) in [5.74, 6) is 1.36. The van der Waals surface area contributed by atoms with Gasteiger partial charge in [-0.1, -0.05) is 30.4 Å². The van der Waals surface area contributed by atoms with Crippen molar-refractivity contribution in [2.24, 2.45) is 5.73 Å². The summed E-state index contributed by atoms with van der Waals surface area (Å²) in [6.07, 6.45) is -2.87. The average molecular weight is 494 g/mol. The first-order valence-corrected chi connectivity index (χ1v) is 10.8. The zero-order valence-corrected chi connectivity index (χ0v) is 19.1. The van der Waals surface area contributed by atoms with Gasteiger partial charge in [0.05, 0.1) is 30.8 Å². The van der Waals surface area contributed by atoms with E-state index in [0.29, 0.717) is 32.6 Å². The summed E-state index contributed by atoms with van der Waals surface area (Å²) < 4.78 is 58.2. The Morgan fingerprint density at radius 3 is 2.45 bits per heavy atom. The topological polar surface area (TPSA) is 71.5 Å². The van der Waals surface area contributed by atoms with Crippen LogP contribution in [0.5, 0.6) is 17.2 Å². The Bertz CT molecular complexity index is 1330. The van der Waals surface area contributed by atoms with Gasteiger partial charge in [-0.25, -0.2) is 4.98 Å². The fourth-order valence-corrected chi connectivity index (χ4v) is 4.51. The molecule has 0 unspecified atom stereocenters. The van der Waals surface area contributed by atoms with Crippen LogP contribution in [0.15, 0.2) is 48.8 Å². The number of thiophene rings is 1. The largest absolute Gasteiger partial charge is 0.493 e. The number of thiocarbonyl (C=S) groups is 1. The molecule has 0 aliphatic heterocycles.